The maximum Gasteiger partial charge on any atom is 0.254 e. The highest BCUT2D eigenvalue weighted by Gasteiger charge is 2.22. The van der Waals surface area contributed by atoms with Gasteiger partial charge in [-0.15, -0.1) is 0 Å². The van der Waals surface area contributed by atoms with Crippen LogP contribution in [0.3, 0.4) is 0 Å². The van der Waals surface area contributed by atoms with Crippen LogP contribution in [0.15, 0.2) is 42.6 Å². The highest BCUT2D eigenvalue weighted by Crippen LogP contribution is 2.21. The van der Waals surface area contributed by atoms with Gasteiger partial charge in [-0.05, 0) is 24.3 Å². The zero-order valence-corrected chi connectivity index (χ0v) is 13.7. The summed E-state index contributed by atoms with van der Waals surface area (Å²) in [6.07, 6.45) is 1.59. The molecule has 0 aliphatic carbocycles. The van der Waals surface area contributed by atoms with Crippen molar-refractivity contribution in [1.82, 2.24) is 9.88 Å². The monoisotopic (exact) mass is 331 g/mol. The minimum Gasteiger partial charge on any atom is -0.481 e. The first-order valence-electron chi connectivity index (χ1n) is 7.47. The van der Waals surface area contributed by atoms with E-state index in [4.69, 9.17) is 16.3 Å². The van der Waals surface area contributed by atoms with Gasteiger partial charge in [-0.1, -0.05) is 17.7 Å². The summed E-state index contributed by atoms with van der Waals surface area (Å²) in [5, 5.41) is 0.727. The van der Waals surface area contributed by atoms with Crippen LogP contribution < -0.4 is 9.64 Å². The van der Waals surface area contributed by atoms with E-state index in [0.717, 1.165) is 23.8 Å². The summed E-state index contributed by atoms with van der Waals surface area (Å²) in [4.78, 5) is 20.7. The van der Waals surface area contributed by atoms with Gasteiger partial charge in [-0.3, -0.25) is 4.79 Å². The van der Waals surface area contributed by atoms with Crippen LogP contribution in [-0.2, 0) is 0 Å². The third kappa shape index (κ3) is 3.56. The molecule has 1 aliphatic heterocycles. The number of hydrogen-bond donors (Lipinski definition) is 0. The molecule has 1 fully saturated rings. The lowest BCUT2D eigenvalue weighted by Crippen LogP contribution is -2.48. The summed E-state index contributed by atoms with van der Waals surface area (Å²) in [6, 6.07) is 11.2. The Labute approximate surface area is 140 Å². The van der Waals surface area contributed by atoms with Crippen molar-refractivity contribution in [3.8, 4) is 5.88 Å². The van der Waals surface area contributed by atoms with E-state index in [1.54, 1.807) is 25.4 Å². The van der Waals surface area contributed by atoms with Crippen molar-refractivity contribution in [2.24, 2.45) is 0 Å². The van der Waals surface area contributed by atoms with Crippen molar-refractivity contribution >= 4 is 23.2 Å². The van der Waals surface area contributed by atoms with Crippen LogP contribution in [0.1, 0.15) is 10.4 Å². The number of methoxy groups -OCH3 is 1. The molecule has 0 N–H and O–H groups in total. The number of piperazine rings is 1. The number of rotatable bonds is 3. The molecule has 0 spiro atoms. The number of amides is 1. The zero-order chi connectivity index (χ0) is 16.2. The van der Waals surface area contributed by atoms with E-state index in [1.165, 1.54) is 0 Å². The molecule has 2 heterocycles. The number of nitrogens with zero attached hydrogens (tertiary/aromatic N) is 3. The van der Waals surface area contributed by atoms with Gasteiger partial charge in [0.05, 0.1) is 7.11 Å². The third-order valence-electron chi connectivity index (χ3n) is 3.93. The van der Waals surface area contributed by atoms with Gasteiger partial charge in [0.2, 0.25) is 5.88 Å². The molecule has 1 aromatic heterocycles. The van der Waals surface area contributed by atoms with Crippen molar-refractivity contribution in [2.75, 3.05) is 38.2 Å². The van der Waals surface area contributed by atoms with Gasteiger partial charge in [-0.25, -0.2) is 4.98 Å². The van der Waals surface area contributed by atoms with Gasteiger partial charge in [0.1, 0.15) is 0 Å². The molecule has 0 radical (unpaired) electrons. The number of anilines is 1. The molecule has 0 unspecified atom stereocenters. The van der Waals surface area contributed by atoms with Gasteiger partial charge in [-0.2, -0.15) is 0 Å². The summed E-state index contributed by atoms with van der Waals surface area (Å²) in [6.45, 7) is 2.93. The molecular weight excluding hydrogens is 314 g/mol. The Morgan fingerprint density at radius 2 is 1.96 bits per heavy atom. The lowest BCUT2D eigenvalue weighted by atomic mass is 10.2. The molecule has 0 atom stereocenters. The van der Waals surface area contributed by atoms with E-state index in [2.05, 4.69) is 9.88 Å². The Balaban J connectivity index is 1.65. The fourth-order valence-electron chi connectivity index (χ4n) is 2.68. The molecule has 3 rings (SSSR count). The molecule has 0 saturated carbocycles. The first-order valence-corrected chi connectivity index (χ1v) is 7.85. The predicted octanol–water partition coefficient (Wildman–Crippen LogP) is 2.71. The second kappa shape index (κ2) is 6.87. The van der Waals surface area contributed by atoms with E-state index in [0.29, 0.717) is 24.5 Å². The molecule has 6 heteroatoms. The second-order valence-electron chi connectivity index (χ2n) is 5.35. The Morgan fingerprint density at radius 3 is 2.65 bits per heavy atom. The molecule has 120 valence electrons. The molecule has 1 aromatic carbocycles. The summed E-state index contributed by atoms with van der Waals surface area (Å²) >= 11 is 6.04. The Hall–Kier alpha value is -2.27. The van der Waals surface area contributed by atoms with E-state index in [-0.39, 0.29) is 5.91 Å². The van der Waals surface area contributed by atoms with Gasteiger partial charge in [0, 0.05) is 54.7 Å². The Kier molecular flexibility index (Phi) is 4.67. The maximum absolute atomic E-state index is 12.6. The van der Waals surface area contributed by atoms with Crippen molar-refractivity contribution in [3.63, 3.8) is 0 Å². The van der Waals surface area contributed by atoms with Crippen LogP contribution in [0, 0.1) is 0 Å². The average Bonchev–Trinajstić information content (AvgIpc) is 2.61. The molecule has 1 aliphatic rings. The van der Waals surface area contributed by atoms with Gasteiger partial charge < -0.3 is 14.5 Å². The Morgan fingerprint density at radius 1 is 1.17 bits per heavy atom. The Bertz CT molecular complexity index is 700. The lowest BCUT2D eigenvalue weighted by Gasteiger charge is -2.36. The highest BCUT2D eigenvalue weighted by molar-refractivity contribution is 6.30. The summed E-state index contributed by atoms with van der Waals surface area (Å²) in [5.74, 6) is 0.463. The SMILES string of the molecule is COc1cc(C(=O)N2CCN(c3cccc(Cl)c3)CC2)ccn1. The molecule has 1 saturated heterocycles. The van der Waals surface area contributed by atoms with Crippen molar-refractivity contribution < 1.29 is 9.53 Å². The number of benzene rings is 1. The molecule has 5 nitrogen and oxygen atoms in total. The minimum atomic E-state index is 0.0106. The molecular formula is C17H18ClN3O2. The van der Waals surface area contributed by atoms with Crippen LogP contribution in [0.4, 0.5) is 5.69 Å². The van der Waals surface area contributed by atoms with Crippen LogP contribution in [0.2, 0.25) is 5.02 Å². The highest BCUT2D eigenvalue weighted by atomic mass is 35.5. The van der Waals surface area contributed by atoms with Crippen LogP contribution in [0.25, 0.3) is 0 Å². The topological polar surface area (TPSA) is 45.7 Å². The first kappa shape index (κ1) is 15.6. The molecule has 1 amide bonds. The summed E-state index contributed by atoms with van der Waals surface area (Å²) in [5.41, 5.74) is 1.70. The largest absolute Gasteiger partial charge is 0.481 e. The smallest absolute Gasteiger partial charge is 0.254 e. The number of aromatic nitrogens is 1. The fraction of sp³-hybridized carbons (Fsp3) is 0.294. The van der Waals surface area contributed by atoms with E-state index in [1.807, 2.05) is 29.2 Å². The molecule has 23 heavy (non-hydrogen) atoms. The second-order valence-corrected chi connectivity index (χ2v) is 5.78. The number of hydrogen-bond acceptors (Lipinski definition) is 4. The van der Waals surface area contributed by atoms with E-state index >= 15 is 0 Å². The van der Waals surface area contributed by atoms with Gasteiger partial charge in [0.15, 0.2) is 0 Å². The first-order chi connectivity index (χ1) is 11.2. The number of carbonyl (C=O) groups excluding carboxylic acids is 1. The maximum atomic E-state index is 12.6. The van der Waals surface area contributed by atoms with Crippen LogP contribution in [0.5, 0.6) is 5.88 Å². The predicted molar refractivity (Wildman–Crippen MR) is 90.4 cm³/mol. The standard InChI is InChI=1S/C17H18ClN3O2/c1-23-16-11-13(5-6-19-16)17(22)21-9-7-20(8-10-21)15-4-2-3-14(18)12-15/h2-6,11-12H,7-10H2,1H3. The van der Waals surface area contributed by atoms with Crippen molar-refractivity contribution in [1.29, 1.82) is 0 Å². The normalized spacial score (nSPS) is 14.7. The minimum absolute atomic E-state index is 0.0106. The van der Waals surface area contributed by atoms with E-state index < -0.39 is 0 Å². The van der Waals surface area contributed by atoms with Crippen molar-refractivity contribution in [2.45, 2.75) is 0 Å². The number of halogens is 1. The summed E-state index contributed by atoms with van der Waals surface area (Å²) < 4.78 is 5.08. The lowest BCUT2D eigenvalue weighted by molar-refractivity contribution is 0.0746. The molecule has 0 bridgehead atoms. The average molecular weight is 332 g/mol. The fourth-order valence-corrected chi connectivity index (χ4v) is 2.86. The van der Waals surface area contributed by atoms with Gasteiger partial charge >= 0.3 is 0 Å². The van der Waals surface area contributed by atoms with Crippen LogP contribution in [-0.4, -0.2) is 49.1 Å². The third-order valence-corrected chi connectivity index (χ3v) is 4.17. The number of pyridine rings is 1. The zero-order valence-electron chi connectivity index (χ0n) is 12.9. The van der Waals surface area contributed by atoms with Crippen LogP contribution >= 0.6 is 11.6 Å². The van der Waals surface area contributed by atoms with E-state index in [9.17, 15) is 4.79 Å². The van der Waals surface area contributed by atoms with Gasteiger partial charge in [0.25, 0.3) is 5.91 Å². The number of carbonyl (C=O) groups is 1. The quantitative estimate of drug-likeness (QED) is 0.867. The van der Waals surface area contributed by atoms with Crippen molar-refractivity contribution in [3.05, 3.63) is 53.2 Å². The molecule has 2 aromatic rings. The number of ether oxygens (including phenoxy) is 1. The summed E-state index contributed by atoms with van der Waals surface area (Å²) in [7, 11) is 1.54.